The lowest BCUT2D eigenvalue weighted by molar-refractivity contribution is -0.127. The maximum absolute atomic E-state index is 11.6. The summed E-state index contributed by atoms with van der Waals surface area (Å²) in [5.74, 6) is 1.64. The van der Waals surface area contributed by atoms with Gasteiger partial charge in [-0.2, -0.15) is 12.6 Å². The third-order valence-electron chi connectivity index (χ3n) is 3.43. The van der Waals surface area contributed by atoms with E-state index in [4.69, 9.17) is 5.73 Å². The molecule has 3 nitrogen and oxygen atoms in total. The van der Waals surface area contributed by atoms with Crippen LogP contribution >= 0.6 is 12.6 Å². The van der Waals surface area contributed by atoms with Gasteiger partial charge < -0.3 is 10.6 Å². The van der Waals surface area contributed by atoms with Crippen LogP contribution in [0.4, 0.5) is 0 Å². The minimum Gasteiger partial charge on any atom is -0.342 e. The van der Waals surface area contributed by atoms with Crippen molar-refractivity contribution in [1.29, 1.82) is 0 Å². The number of thiol groups is 1. The van der Waals surface area contributed by atoms with E-state index in [-0.39, 0.29) is 0 Å². The Kier molecular flexibility index (Phi) is 7.69. The average molecular weight is 258 g/mol. The fraction of sp³-hybridized carbons (Fsp3) is 0.923. The Hall–Kier alpha value is -0.220. The molecule has 0 aromatic heterocycles. The number of hydrogen-bond acceptors (Lipinski definition) is 3. The van der Waals surface area contributed by atoms with E-state index < -0.39 is 0 Å². The number of rotatable bonds is 9. The van der Waals surface area contributed by atoms with E-state index in [0.29, 0.717) is 18.2 Å². The van der Waals surface area contributed by atoms with E-state index in [9.17, 15) is 4.79 Å². The van der Waals surface area contributed by atoms with Gasteiger partial charge in [-0.25, -0.2) is 0 Å². The standard InChI is InChI=1S/C13H26N2OS/c14-7-5-3-1-2-4-6-8-15-10-12(11-17)9-13(15)16/h12,17H,1-11,14H2. The molecular formula is C13H26N2OS. The molecular weight excluding hydrogens is 232 g/mol. The van der Waals surface area contributed by atoms with Gasteiger partial charge >= 0.3 is 0 Å². The lowest BCUT2D eigenvalue weighted by Crippen LogP contribution is -2.26. The fourth-order valence-corrected chi connectivity index (χ4v) is 2.59. The van der Waals surface area contributed by atoms with Gasteiger partial charge in [-0.15, -0.1) is 0 Å². The summed E-state index contributed by atoms with van der Waals surface area (Å²) in [5, 5.41) is 0. The van der Waals surface area contributed by atoms with Crippen molar-refractivity contribution in [2.75, 3.05) is 25.4 Å². The molecule has 0 saturated carbocycles. The molecule has 1 unspecified atom stereocenters. The molecule has 1 heterocycles. The van der Waals surface area contributed by atoms with Gasteiger partial charge in [-0.1, -0.05) is 25.7 Å². The summed E-state index contributed by atoms with van der Waals surface area (Å²) in [4.78, 5) is 13.6. The highest BCUT2D eigenvalue weighted by Gasteiger charge is 2.27. The van der Waals surface area contributed by atoms with Crippen LogP contribution in [-0.4, -0.2) is 36.2 Å². The van der Waals surface area contributed by atoms with Crippen LogP contribution in [0.25, 0.3) is 0 Å². The number of nitrogens with two attached hydrogens (primary N) is 1. The number of hydrogen-bond donors (Lipinski definition) is 2. The first-order chi connectivity index (χ1) is 8.27. The van der Waals surface area contributed by atoms with Crippen molar-refractivity contribution in [2.45, 2.75) is 44.9 Å². The van der Waals surface area contributed by atoms with Crippen molar-refractivity contribution in [3.05, 3.63) is 0 Å². The summed E-state index contributed by atoms with van der Waals surface area (Å²) < 4.78 is 0. The lowest BCUT2D eigenvalue weighted by Gasteiger charge is -2.15. The Morgan fingerprint density at radius 3 is 2.41 bits per heavy atom. The van der Waals surface area contributed by atoms with Gasteiger partial charge in [0.1, 0.15) is 0 Å². The molecule has 17 heavy (non-hydrogen) atoms. The third kappa shape index (κ3) is 5.77. The van der Waals surface area contributed by atoms with Gasteiger partial charge in [0.2, 0.25) is 5.91 Å². The van der Waals surface area contributed by atoms with Gasteiger partial charge in [-0.3, -0.25) is 4.79 Å². The van der Waals surface area contributed by atoms with E-state index in [1.165, 1.54) is 25.7 Å². The van der Waals surface area contributed by atoms with Gasteiger partial charge in [0.05, 0.1) is 0 Å². The zero-order valence-electron chi connectivity index (χ0n) is 10.7. The molecule has 1 aliphatic rings. The van der Waals surface area contributed by atoms with Gasteiger partial charge in [0.15, 0.2) is 0 Å². The molecule has 0 aromatic rings. The maximum atomic E-state index is 11.6. The summed E-state index contributed by atoms with van der Waals surface area (Å²) >= 11 is 4.26. The minimum absolute atomic E-state index is 0.326. The summed E-state index contributed by atoms with van der Waals surface area (Å²) in [7, 11) is 0. The molecule has 2 N–H and O–H groups in total. The Morgan fingerprint density at radius 1 is 1.18 bits per heavy atom. The van der Waals surface area contributed by atoms with Crippen LogP contribution in [0, 0.1) is 5.92 Å². The van der Waals surface area contributed by atoms with Crippen molar-refractivity contribution in [3.8, 4) is 0 Å². The minimum atomic E-state index is 0.326. The second-order valence-corrected chi connectivity index (χ2v) is 5.37. The first kappa shape index (κ1) is 14.8. The van der Waals surface area contributed by atoms with Crippen molar-refractivity contribution < 1.29 is 4.79 Å². The number of carbonyl (C=O) groups is 1. The summed E-state index contributed by atoms with van der Waals surface area (Å²) in [6, 6.07) is 0. The number of nitrogens with zero attached hydrogens (tertiary/aromatic N) is 1. The van der Waals surface area contributed by atoms with Crippen molar-refractivity contribution in [2.24, 2.45) is 11.7 Å². The Bertz CT molecular complexity index is 223. The smallest absolute Gasteiger partial charge is 0.222 e. The van der Waals surface area contributed by atoms with Gasteiger partial charge in [-0.05, 0) is 31.1 Å². The van der Waals surface area contributed by atoms with Gasteiger partial charge in [0.25, 0.3) is 0 Å². The molecule has 4 heteroatoms. The van der Waals surface area contributed by atoms with E-state index in [2.05, 4.69) is 12.6 Å². The molecule has 1 amide bonds. The highest BCUT2D eigenvalue weighted by molar-refractivity contribution is 7.80. The van der Waals surface area contributed by atoms with Crippen LogP contribution in [0.3, 0.4) is 0 Å². The Balaban J connectivity index is 1.98. The molecule has 100 valence electrons. The molecule has 1 fully saturated rings. The topological polar surface area (TPSA) is 46.3 Å². The van der Waals surface area contributed by atoms with E-state index in [1.807, 2.05) is 4.90 Å². The molecule has 1 rings (SSSR count). The molecule has 0 bridgehead atoms. The predicted molar refractivity (Wildman–Crippen MR) is 75.3 cm³/mol. The number of likely N-dealkylation sites (tertiary alicyclic amines) is 1. The summed E-state index contributed by atoms with van der Waals surface area (Å²) in [6.45, 7) is 2.68. The normalized spacial score (nSPS) is 20.2. The van der Waals surface area contributed by atoms with Crippen LogP contribution in [-0.2, 0) is 4.79 Å². The average Bonchev–Trinajstić information content (AvgIpc) is 2.69. The zero-order valence-corrected chi connectivity index (χ0v) is 11.6. The quantitative estimate of drug-likeness (QED) is 0.491. The second kappa shape index (κ2) is 8.81. The van der Waals surface area contributed by atoms with Crippen LogP contribution in [0.1, 0.15) is 44.9 Å². The first-order valence-electron chi connectivity index (χ1n) is 6.86. The maximum Gasteiger partial charge on any atom is 0.222 e. The zero-order chi connectivity index (χ0) is 12.5. The summed E-state index contributed by atoms with van der Waals surface area (Å²) in [5.41, 5.74) is 5.44. The monoisotopic (exact) mass is 258 g/mol. The Labute approximate surface area is 111 Å². The van der Waals surface area contributed by atoms with E-state index >= 15 is 0 Å². The molecule has 0 aliphatic carbocycles. The highest BCUT2D eigenvalue weighted by Crippen LogP contribution is 2.19. The van der Waals surface area contributed by atoms with Crippen molar-refractivity contribution in [1.82, 2.24) is 4.90 Å². The third-order valence-corrected chi connectivity index (χ3v) is 3.95. The van der Waals surface area contributed by atoms with Gasteiger partial charge in [0, 0.05) is 19.5 Å². The van der Waals surface area contributed by atoms with E-state index in [1.54, 1.807) is 0 Å². The molecule has 1 atom stereocenters. The second-order valence-electron chi connectivity index (χ2n) is 5.00. The Morgan fingerprint density at radius 2 is 1.82 bits per heavy atom. The SMILES string of the molecule is NCCCCCCCCN1CC(CS)CC1=O. The van der Waals surface area contributed by atoms with Crippen molar-refractivity contribution in [3.63, 3.8) is 0 Å². The van der Waals surface area contributed by atoms with Crippen LogP contribution in [0.5, 0.6) is 0 Å². The van der Waals surface area contributed by atoms with Crippen LogP contribution in [0.2, 0.25) is 0 Å². The number of amides is 1. The molecule has 1 aliphatic heterocycles. The number of unbranched alkanes of at least 4 members (excludes halogenated alkanes) is 5. The van der Waals surface area contributed by atoms with Crippen LogP contribution in [0.15, 0.2) is 0 Å². The highest BCUT2D eigenvalue weighted by atomic mass is 32.1. The predicted octanol–water partition coefficient (Wildman–Crippen LogP) is 2.06. The first-order valence-corrected chi connectivity index (χ1v) is 7.50. The fourth-order valence-electron chi connectivity index (χ4n) is 2.35. The molecule has 0 aromatic carbocycles. The summed E-state index contributed by atoms with van der Waals surface area (Å²) in [6.07, 6.45) is 8.05. The lowest BCUT2D eigenvalue weighted by atomic mass is 10.1. The molecule has 0 spiro atoms. The molecule has 0 radical (unpaired) electrons. The van der Waals surface area contributed by atoms with Crippen LogP contribution < -0.4 is 5.73 Å². The van der Waals surface area contributed by atoms with Crippen molar-refractivity contribution >= 4 is 18.5 Å². The molecule has 1 saturated heterocycles. The largest absolute Gasteiger partial charge is 0.342 e. The number of carbonyl (C=O) groups excluding carboxylic acids is 1. The van der Waals surface area contributed by atoms with E-state index in [0.717, 1.165) is 38.2 Å².